The second-order valence-electron chi connectivity index (χ2n) is 9.48. The van der Waals surface area contributed by atoms with Crippen LogP contribution in [0.5, 0.6) is 5.75 Å². The van der Waals surface area contributed by atoms with Gasteiger partial charge >= 0.3 is 11.9 Å². The van der Waals surface area contributed by atoms with Gasteiger partial charge in [0.05, 0.1) is 0 Å². The Balaban J connectivity index is 3.32. The van der Waals surface area contributed by atoms with Crippen molar-refractivity contribution in [2.24, 2.45) is 11.8 Å². The van der Waals surface area contributed by atoms with E-state index in [9.17, 15) is 24.9 Å². The average molecular weight is 379 g/mol. The highest BCUT2D eigenvalue weighted by Gasteiger charge is 2.30. The van der Waals surface area contributed by atoms with Gasteiger partial charge in [0.1, 0.15) is 5.75 Å². The molecule has 0 aromatic heterocycles. The first-order chi connectivity index (χ1) is 12.2. The molecule has 27 heavy (non-hydrogen) atoms. The lowest BCUT2D eigenvalue weighted by atomic mass is 9.77. The lowest BCUT2D eigenvalue weighted by Crippen LogP contribution is -2.26. The number of aliphatic carboxylic acids is 2. The molecule has 0 aliphatic heterocycles. The van der Waals surface area contributed by atoms with Crippen LogP contribution >= 0.6 is 0 Å². The Kier molecular flexibility index (Phi) is 7.09. The van der Waals surface area contributed by atoms with Crippen LogP contribution < -0.4 is 0 Å². The molecule has 1 aromatic carbocycles. The Morgan fingerprint density at radius 1 is 0.926 bits per heavy atom. The fourth-order valence-electron chi connectivity index (χ4n) is 3.32. The molecule has 0 bridgehead atoms. The first-order valence-corrected chi connectivity index (χ1v) is 9.50. The summed E-state index contributed by atoms with van der Waals surface area (Å²) in [6.07, 6.45) is 1.37. The number of carboxylic acid groups (broad SMARTS) is 2. The Hall–Kier alpha value is -2.04. The molecule has 1 aromatic rings. The minimum Gasteiger partial charge on any atom is -0.507 e. The van der Waals surface area contributed by atoms with Crippen LogP contribution in [0.15, 0.2) is 12.1 Å². The van der Waals surface area contributed by atoms with Crippen molar-refractivity contribution in [3.63, 3.8) is 0 Å². The summed E-state index contributed by atoms with van der Waals surface area (Å²) in [4.78, 5) is 22.5. The first-order valence-electron chi connectivity index (χ1n) is 9.50. The van der Waals surface area contributed by atoms with Crippen molar-refractivity contribution >= 4 is 11.9 Å². The molecule has 3 N–H and O–H groups in total. The van der Waals surface area contributed by atoms with Gasteiger partial charge < -0.3 is 15.3 Å². The molecule has 0 amide bonds. The van der Waals surface area contributed by atoms with Gasteiger partial charge in [0.25, 0.3) is 0 Å². The average Bonchev–Trinajstić information content (AvgIpc) is 2.49. The second-order valence-corrected chi connectivity index (χ2v) is 9.48. The highest BCUT2D eigenvalue weighted by molar-refractivity contribution is 5.92. The summed E-state index contributed by atoms with van der Waals surface area (Å²) < 4.78 is 0. The zero-order chi connectivity index (χ0) is 21.2. The first kappa shape index (κ1) is 23.0. The molecule has 0 aliphatic rings. The number of hydrogen-bond donors (Lipinski definition) is 3. The fourth-order valence-corrected chi connectivity index (χ4v) is 3.32. The summed E-state index contributed by atoms with van der Waals surface area (Å²) in [6.45, 7) is 14.2. The maximum atomic E-state index is 11.2. The van der Waals surface area contributed by atoms with Crippen molar-refractivity contribution in [1.29, 1.82) is 0 Å². The molecule has 152 valence electrons. The Morgan fingerprint density at radius 2 is 1.33 bits per heavy atom. The molecule has 1 unspecified atom stereocenters. The van der Waals surface area contributed by atoms with Gasteiger partial charge in [-0.2, -0.15) is 0 Å². The predicted octanol–water partition coefficient (Wildman–Crippen LogP) is 4.73. The van der Waals surface area contributed by atoms with Crippen molar-refractivity contribution in [1.82, 2.24) is 0 Å². The molecule has 1 rings (SSSR count). The minimum atomic E-state index is -1.39. The third-order valence-corrected chi connectivity index (χ3v) is 5.05. The molecule has 0 spiro atoms. The highest BCUT2D eigenvalue weighted by atomic mass is 16.4. The topological polar surface area (TPSA) is 94.8 Å². The van der Waals surface area contributed by atoms with Crippen molar-refractivity contribution in [2.45, 2.75) is 78.6 Å². The van der Waals surface area contributed by atoms with Gasteiger partial charge in [0, 0.05) is 0 Å². The molecule has 0 aliphatic carbocycles. The number of aromatic hydroxyl groups is 1. The zero-order valence-corrected chi connectivity index (χ0v) is 17.6. The van der Waals surface area contributed by atoms with E-state index in [1.165, 1.54) is 0 Å². The molecule has 5 nitrogen and oxygen atoms in total. The molecular weight excluding hydrogens is 344 g/mol. The van der Waals surface area contributed by atoms with Crippen LogP contribution in [0.2, 0.25) is 0 Å². The quantitative estimate of drug-likeness (QED) is 0.596. The molecule has 0 saturated carbocycles. The molecule has 0 radical (unpaired) electrons. The largest absolute Gasteiger partial charge is 0.507 e. The van der Waals surface area contributed by atoms with Crippen LogP contribution in [0.4, 0.5) is 0 Å². The molecule has 5 heteroatoms. The standard InChI is InChI=1S/C22H34O5/c1-8-13(10-15(19(24)25)20(26)27)9-14-11-16(21(2,3)4)18(23)17(12-14)22(5,6)7/h11-13,15,23H,8-10H2,1-7H3,(H,24,25)(H,26,27). The number of carboxylic acids is 2. The van der Waals surface area contributed by atoms with Crippen LogP contribution in [0.25, 0.3) is 0 Å². The van der Waals surface area contributed by atoms with Crippen molar-refractivity contribution in [2.75, 3.05) is 0 Å². The smallest absolute Gasteiger partial charge is 0.317 e. The van der Waals surface area contributed by atoms with Gasteiger partial charge in [-0.05, 0) is 46.3 Å². The van der Waals surface area contributed by atoms with Gasteiger partial charge in [-0.1, -0.05) is 67.0 Å². The molecule has 0 heterocycles. The number of hydrogen-bond acceptors (Lipinski definition) is 3. The number of rotatable bonds is 7. The van der Waals surface area contributed by atoms with E-state index >= 15 is 0 Å². The summed E-state index contributed by atoms with van der Waals surface area (Å²) in [7, 11) is 0. The Morgan fingerprint density at radius 3 is 1.63 bits per heavy atom. The Bertz CT molecular complexity index is 643. The van der Waals surface area contributed by atoms with E-state index in [-0.39, 0.29) is 23.2 Å². The lowest BCUT2D eigenvalue weighted by molar-refractivity contribution is -0.155. The molecule has 0 fully saturated rings. The van der Waals surface area contributed by atoms with E-state index in [0.29, 0.717) is 18.6 Å². The summed E-state index contributed by atoms with van der Waals surface area (Å²) in [6, 6.07) is 3.95. The number of benzene rings is 1. The lowest BCUT2D eigenvalue weighted by Gasteiger charge is -2.29. The maximum Gasteiger partial charge on any atom is 0.317 e. The molecular formula is C22H34O5. The maximum absolute atomic E-state index is 11.2. The van der Waals surface area contributed by atoms with Crippen LogP contribution in [-0.4, -0.2) is 27.3 Å². The van der Waals surface area contributed by atoms with Gasteiger partial charge in [0.2, 0.25) is 0 Å². The van der Waals surface area contributed by atoms with Gasteiger partial charge in [-0.3, -0.25) is 9.59 Å². The summed E-state index contributed by atoms with van der Waals surface area (Å²) >= 11 is 0. The van der Waals surface area contributed by atoms with Crippen molar-refractivity contribution < 1.29 is 24.9 Å². The summed E-state index contributed by atoms with van der Waals surface area (Å²) in [5.74, 6) is -3.74. The van der Waals surface area contributed by atoms with Crippen molar-refractivity contribution in [3.05, 3.63) is 28.8 Å². The van der Waals surface area contributed by atoms with Crippen LogP contribution in [0, 0.1) is 11.8 Å². The van der Waals surface area contributed by atoms with Crippen LogP contribution in [0.3, 0.4) is 0 Å². The summed E-state index contributed by atoms with van der Waals surface area (Å²) in [5, 5.41) is 29.2. The van der Waals surface area contributed by atoms with E-state index in [1.807, 2.05) is 60.6 Å². The monoisotopic (exact) mass is 378 g/mol. The van der Waals surface area contributed by atoms with E-state index in [4.69, 9.17) is 0 Å². The molecule has 0 saturated heterocycles. The Labute approximate surface area is 162 Å². The fraction of sp³-hybridized carbons (Fsp3) is 0.636. The number of phenolic OH excluding ortho intramolecular Hbond substituents is 1. The second kappa shape index (κ2) is 8.32. The van der Waals surface area contributed by atoms with E-state index < -0.39 is 17.9 Å². The molecule has 1 atom stereocenters. The van der Waals surface area contributed by atoms with Gasteiger partial charge in [-0.15, -0.1) is 0 Å². The third kappa shape index (κ3) is 5.98. The van der Waals surface area contributed by atoms with Gasteiger partial charge in [-0.25, -0.2) is 0 Å². The van der Waals surface area contributed by atoms with Crippen LogP contribution in [0.1, 0.15) is 78.0 Å². The van der Waals surface area contributed by atoms with E-state index in [1.54, 1.807) is 0 Å². The normalized spacial score (nSPS) is 13.6. The van der Waals surface area contributed by atoms with Crippen molar-refractivity contribution in [3.8, 4) is 5.75 Å². The minimum absolute atomic E-state index is 0.0626. The van der Waals surface area contributed by atoms with E-state index in [0.717, 1.165) is 16.7 Å². The van der Waals surface area contributed by atoms with Crippen LogP contribution in [-0.2, 0) is 26.8 Å². The summed E-state index contributed by atoms with van der Waals surface area (Å²) in [5.41, 5.74) is 2.23. The number of carbonyl (C=O) groups is 2. The van der Waals surface area contributed by atoms with E-state index in [2.05, 4.69) is 0 Å². The highest BCUT2D eigenvalue weighted by Crippen LogP contribution is 2.40. The number of phenols is 1. The third-order valence-electron chi connectivity index (χ3n) is 5.05. The predicted molar refractivity (Wildman–Crippen MR) is 106 cm³/mol. The zero-order valence-electron chi connectivity index (χ0n) is 17.6. The SMILES string of the molecule is CCC(Cc1cc(C(C)(C)C)c(O)c(C(C)(C)C)c1)CC(C(=O)O)C(=O)O. The van der Waals surface area contributed by atoms with Gasteiger partial charge in [0.15, 0.2) is 5.92 Å².